The summed E-state index contributed by atoms with van der Waals surface area (Å²) in [4.78, 5) is 0. The van der Waals surface area contributed by atoms with Crippen LogP contribution in [0.2, 0.25) is 0 Å². The second-order valence-corrected chi connectivity index (χ2v) is 7.55. The molecule has 2 nitrogen and oxygen atoms in total. The van der Waals surface area contributed by atoms with E-state index in [1.54, 1.807) is 0 Å². The van der Waals surface area contributed by atoms with Crippen LogP contribution in [-0.2, 0) is 10.8 Å². The minimum Gasteiger partial charge on any atom is -0.330 e. The Balaban J connectivity index is 3.48. The molecular weight excluding hydrogens is 218 g/mol. The monoisotopic (exact) mass is 247 g/mol. The van der Waals surface area contributed by atoms with E-state index >= 15 is 0 Å². The Bertz CT molecular complexity index is 202. The van der Waals surface area contributed by atoms with Crippen molar-refractivity contribution in [2.75, 3.05) is 18.1 Å². The van der Waals surface area contributed by atoms with Gasteiger partial charge in [-0.05, 0) is 37.1 Å². The topological polar surface area (TPSA) is 43.1 Å². The van der Waals surface area contributed by atoms with Crippen molar-refractivity contribution in [2.24, 2.45) is 17.1 Å². The quantitative estimate of drug-likeness (QED) is 0.637. The van der Waals surface area contributed by atoms with Crippen molar-refractivity contribution < 1.29 is 4.21 Å². The zero-order valence-corrected chi connectivity index (χ0v) is 12.2. The number of nitrogens with two attached hydrogens (primary N) is 1. The minimum absolute atomic E-state index is 0.249. The highest BCUT2D eigenvalue weighted by Gasteiger charge is 2.14. The van der Waals surface area contributed by atoms with Gasteiger partial charge in [-0.3, -0.25) is 4.21 Å². The molecule has 0 saturated heterocycles. The lowest BCUT2D eigenvalue weighted by molar-refractivity contribution is 0.336. The van der Waals surface area contributed by atoms with E-state index in [9.17, 15) is 4.21 Å². The van der Waals surface area contributed by atoms with Gasteiger partial charge < -0.3 is 5.73 Å². The third-order valence-corrected chi connectivity index (χ3v) is 4.39. The number of hydrogen-bond donors (Lipinski definition) is 1. The van der Waals surface area contributed by atoms with Gasteiger partial charge in [-0.15, -0.1) is 0 Å². The third kappa shape index (κ3) is 9.34. The lowest BCUT2D eigenvalue weighted by Gasteiger charge is -2.21. The maximum absolute atomic E-state index is 11.6. The van der Waals surface area contributed by atoms with Crippen molar-refractivity contribution in [3.05, 3.63) is 0 Å². The Morgan fingerprint density at radius 1 is 1.19 bits per heavy atom. The molecule has 3 heteroatoms. The fourth-order valence-corrected chi connectivity index (χ4v) is 2.90. The molecule has 0 amide bonds. The molecule has 0 aliphatic heterocycles. The van der Waals surface area contributed by atoms with Crippen molar-refractivity contribution in [1.82, 2.24) is 0 Å². The molecule has 1 atom stereocenters. The smallest absolute Gasteiger partial charge is 0.0237 e. The zero-order valence-electron chi connectivity index (χ0n) is 11.4. The Kier molecular flexibility index (Phi) is 8.29. The highest BCUT2D eigenvalue weighted by Crippen LogP contribution is 2.21. The van der Waals surface area contributed by atoms with Gasteiger partial charge in [0.2, 0.25) is 0 Å². The maximum Gasteiger partial charge on any atom is 0.0237 e. The van der Waals surface area contributed by atoms with Gasteiger partial charge in [-0.1, -0.05) is 34.1 Å². The van der Waals surface area contributed by atoms with Gasteiger partial charge in [0.05, 0.1) is 0 Å². The SMILES string of the molecule is CC(C)CCS(=O)CCCCC(C)(C)CN. The summed E-state index contributed by atoms with van der Waals surface area (Å²) in [5, 5.41) is 0. The molecule has 0 aromatic carbocycles. The van der Waals surface area contributed by atoms with Crippen LogP contribution in [0.15, 0.2) is 0 Å². The molecule has 0 saturated carbocycles. The van der Waals surface area contributed by atoms with Gasteiger partial charge in [-0.2, -0.15) is 0 Å². The van der Waals surface area contributed by atoms with Crippen molar-refractivity contribution in [3.63, 3.8) is 0 Å². The summed E-state index contributed by atoms with van der Waals surface area (Å²) in [5.41, 5.74) is 5.92. The lowest BCUT2D eigenvalue weighted by Crippen LogP contribution is -2.23. The van der Waals surface area contributed by atoms with E-state index in [0.717, 1.165) is 43.7 Å². The normalized spacial score (nSPS) is 14.4. The number of rotatable bonds is 9. The van der Waals surface area contributed by atoms with Crippen LogP contribution in [0.4, 0.5) is 0 Å². The first-order valence-corrected chi connectivity index (χ1v) is 7.91. The average Bonchev–Trinajstić information content (AvgIpc) is 2.21. The van der Waals surface area contributed by atoms with E-state index in [4.69, 9.17) is 5.73 Å². The van der Waals surface area contributed by atoms with E-state index in [0.29, 0.717) is 5.92 Å². The summed E-state index contributed by atoms with van der Waals surface area (Å²) in [5.74, 6) is 2.41. The van der Waals surface area contributed by atoms with Crippen LogP contribution in [0.3, 0.4) is 0 Å². The van der Waals surface area contributed by atoms with Gasteiger partial charge in [0.15, 0.2) is 0 Å². The molecule has 1 unspecified atom stereocenters. The van der Waals surface area contributed by atoms with Gasteiger partial charge in [0.25, 0.3) is 0 Å². The highest BCUT2D eigenvalue weighted by atomic mass is 32.2. The van der Waals surface area contributed by atoms with E-state index in [2.05, 4.69) is 27.7 Å². The standard InChI is InChI=1S/C13H29NOS/c1-12(2)7-10-16(15)9-6-5-8-13(3,4)11-14/h12H,5-11,14H2,1-4H3. The fraction of sp³-hybridized carbons (Fsp3) is 1.00. The Morgan fingerprint density at radius 3 is 2.31 bits per heavy atom. The van der Waals surface area contributed by atoms with Crippen LogP contribution in [0, 0.1) is 11.3 Å². The molecule has 0 heterocycles. The Hall–Kier alpha value is 0.110. The minimum atomic E-state index is -0.602. The summed E-state index contributed by atoms with van der Waals surface area (Å²) in [6.45, 7) is 9.50. The van der Waals surface area contributed by atoms with E-state index in [-0.39, 0.29) is 5.41 Å². The zero-order chi connectivity index (χ0) is 12.6. The van der Waals surface area contributed by atoms with E-state index in [1.165, 1.54) is 0 Å². The molecule has 0 aliphatic rings. The molecule has 0 fully saturated rings. The summed E-state index contributed by atoms with van der Waals surface area (Å²) >= 11 is 0. The van der Waals surface area contributed by atoms with Crippen molar-refractivity contribution in [3.8, 4) is 0 Å². The predicted molar refractivity (Wildman–Crippen MR) is 74.0 cm³/mol. The molecule has 98 valence electrons. The second-order valence-electron chi connectivity index (χ2n) is 5.86. The molecule has 0 aromatic rings. The predicted octanol–water partition coefficient (Wildman–Crippen LogP) is 2.94. The number of unbranched alkanes of at least 4 members (excludes halogenated alkanes) is 1. The summed E-state index contributed by atoms with van der Waals surface area (Å²) < 4.78 is 11.6. The van der Waals surface area contributed by atoms with E-state index in [1.807, 2.05) is 0 Å². The molecule has 0 bridgehead atoms. The first kappa shape index (κ1) is 16.1. The van der Waals surface area contributed by atoms with Crippen molar-refractivity contribution in [1.29, 1.82) is 0 Å². The largest absolute Gasteiger partial charge is 0.330 e. The molecule has 2 N–H and O–H groups in total. The Morgan fingerprint density at radius 2 is 1.81 bits per heavy atom. The fourth-order valence-electron chi connectivity index (χ4n) is 1.44. The molecule has 0 spiro atoms. The molecule has 0 aromatic heterocycles. The Labute approximate surface area is 104 Å². The van der Waals surface area contributed by atoms with Crippen LogP contribution < -0.4 is 5.73 Å². The molecule has 16 heavy (non-hydrogen) atoms. The molecule has 0 rings (SSSR count). The van der Waals surface area contributed by atoms with Gasteiger partial charge in [0.1, 0.15) is 0 Å². The lowest BCUT2D eigenvalue weighted by atomic mass is 9.88. The third-order valence-electron chi connectivity index (χ3n) is 2.95. The average molecular weight is 247 g/mol. The van der Waals surface area contributed by atoms with E-state index < -0.39 is 10.8 Å². The van der Waals surface area contributed by atoms with Crippen LogP contribution in [-0.4, -0.2) is 22.3 Å². The van der Waals surface area contributed by atoms with Crippen LogP contribution in [0.25, 0.3) is 0 Å². The summed E-state index contributed by atoms with van der Waals surface area (Å²) in [6, 6.07) is 0. The first-order valence-electron chi connectivity index (χ1n) is 6.42. The first-order chi connectivity index (χ1) is 7.37. The molecule has 0 radical (unpaired) electrons. The van der Waals surface area contributed by atoms with Crippen LogP contribution in [0.5, 0.6) is 0 Å². The van der Waals surface area contributed by atoms with Crippen molar-refractivity contribution >= 4 is 10.8 Å². The highest BCUT2D eigenvalue weighted by molar-refractivity contribution is 7.84. The maximum atomic E-state index is 11.6. The molecular formula is C13H29NOS. The summed E-state index contributed by atoms with van der Waals surface area (Å²) in [6.07, 6.45) is 4.46. The second kappa shape index (κ2) is 8.24. The number of hydrogen-bond acceptors (Lipinski definition) is 2. The van der Waals surface area contributed by atoms with Crippen LogP contribution >= 0.6 is 0 Å². The van der Waals surface area contributed by atoms with Gasteiger partial charge >= 0.3 is 0 Å². The summed E-state index contributed by atoms with van der Waals surface area (Å²) in [7, 11) is -0.602. The van der Waals surface area contributed by atoms with Crippen LogP contribution in [0.1, 0.15) is 53.4 Å². The van der Waals surface area contributed by atoms with Gasteiger partial charge in [-0.25, -0.2) is 0 Å². The van der Waals surface area contributed by atoms with Gasteiger partial charge in [0, 0.05) is 22.3 Å². The van der Waals surface area contributed by atoms with Crippen molar-refractivity contribution in [2.45, 2.75) is 53.4 Å². The molecule has 0 aliphatic carbocycles.